The van der Waals surface area contributed by atoms with E-state index in [9.17, 15) is 0 Å². The van der Waals surface area contributed by atoms with Crippen molar-refractivity contribution in [1.29, 1.82) is 0 Å². The summed E-state index contributed by atoms with van der Waals surface area (Å²) in [6.07, 6.45) is 8.30. The fourth-order valence-electron chi connectivity index (χ4n) is 3.40. The third-order valence-electron chi connectivity index (χ3n) is 4.58. The number of anilines is 1. The fraction of sp³-hybridized carbons (Fsp3) is 0.786. The highest BCUT2D eigenvalue weighted by Crippen LogP contribution is 2.36. The molecule has 1 aliphatic carbocycles. The van der Waals surface area contributed by atoms with Gasteiger partial charge in [0.15, 0.2) is 0 Å². The zero-order valence-corrected chi connectivity index (χ0v) is 11.5. The first-order valence-corrected chi connectivity index (χ1v) is 7.48. The number of nitrogen functional groups attached to an aromatic ring is 2. The largest absolute Gasteiger partial charge is 0.382 e. The van der Waals surface area contributed by atoms with Crippen molar-refractivity contribution in [2.45, 2.75) is 56.8 Å². The van der Waals surface area contributed by atoms with Crippen LogP contribution in [0, 0.1) is 0 Å². The monoisotopic (exact) mass is 264 g/mol. The number of rotatable bonds is 2. The highest BCUT2D eigenvalue weighted by atomic mass is 16.5. The first kappa shape index (κ1) is 12.8. The number of nitrogens with zero attached hydrogens (tertiary/aromatic N) is 2. The number of nitrogens with two attached hydrogens (primary N) is 2. The van der Waals surface area contributed by atoms with Crippen LogP contribution in [-0.4, -0.2) is 22.9 Å². The molecular formula is C14H24N4O. The van der Waals surface area contributed by atoms with E-state index in [0.717, 1.165) is 37.6 Å². The molecule has 0 amide bonds. The van der Waals surface area contributed by atoms with E-state index in [4.69, 9.17) is 21.3 Å². The van der Waals surface area contributed by atoms with Crippen LogP contribution in [0.2, 0.25) is 0 Å². The predicted octanol–water partition coefficient (Wildman–Crippen LogP) is 2.12. The molecule has 0 atom stereocenters. The van der Waals surface area contributed by atoms with Gasteiger partial charge in [0.1, 0.15) is 11.6 Å². The van der Waals surface area contributed by atoms with Crippen LogP contribution >= 0.6 is 0 Å². The van der Waals surface area contributed by atoms with E-state index in [1.165, 1.54) is 32.1 Å². The molecule has 19 heavy (non-hydrogen) atoms. The number of imidazole rings is 1. The fourth-order valence-corrected chi connectivity index (χ4v) is 3.40. The first-order valence-electron chi connectivity index (χ1n) is 7.48. The Bertz CT molecular complexity index is 392. The Morgan fingerprint density at radius 2 is 1.68 bits per heavy atom. The van der Waals surface area contributed by atoms with Gasteiger partial charge in [0.2, 0.25) is 0 Å². The summed E-state index contributed by atoms with van der Waals surface area (Å²) in [6, 6.07) is 0. The summed E-state index contributed by atoms with van der Waals surface area (Å²) < 4.78 is 7.05. The van der Waals surface area contributed by atoms with E-state index in [0.29, 0.717) is 17.7 Å². The van der Waals surface area contributed by atoms with Gasteiger partial charge < -0.3 is 16.3 Å². The maximum absolute atomic E-state index is 6.18. The molecule has 0 bridgehead atoms. The molecule has 2 fully saturated rings. The minimum Gasteiger partial charge on any atom is -0.382 e. The summed E-state index contributed by atoms with van der Waals surface area (Å²) in [4.78, 5) is 4.81. The van der Waals surface area contributed by atoms with Crippen LogP contribution in [0.4, 0.5) is 5.82 Å². The Kier molecular flexibility index (Phi) is 3.64. The average molecular weight is 264 g/mol. The molecule has 1 saturated heterocycles. The van der Waals surface area contributed by atoms with E-state index in [-0.39, 0.29) is 0 Å². The van der Waals surface area contributed by atoms with Gasteiger partial charge in [-0.25, -0.2) is 9.66 Å². The van der Waals surface area contributed by atoms with Crippen LogP contribution in [-0.2, 0) is 4.74 Å². The van der Waals surface area contributed by atoms with Gasteiger partial charge in [-0.3, -0.25) is 0 Å². The molecule has 1 saturated carbocycles. The van der Waals surface area contributed by atoms with E-state index in [1.807, 2.05) is 0 Å². The number of aromatic nitrogens is 2. The van der Waals surface area contributed by atoms with Gasteiger partial charge in [-0.2, -0.15) is 0 Å². The van der Waals surface area contributed by atoms with Crippen molar-refractivity contribution in [3.8, 4) is 0 Å². The summed E-state index contributed by atoms with van der Waals surface area (Å²) >= 11 is 0. The molecule has 2 aliphatic rings. The van der Waals surface area contributed by atoms with Crippen LogP contribution in [0.25, 0.3) is 0 Å². The quantitative estimate of drug-likeness (QED) is 0.802. The lowest BCUT2D eigenvalue weighted by Gasteiger charge is -2.21. The molecule has 1 aliphatic heterocycles. The third-order valence-corrected chi connectivity index (χ3v) is 4.58. The standard InChI is InChI=1S/C14H24N4O/c15-13-12(10-6-8-19-9-7-10)17-14(18(13)16)11-4-2-1-3-5-11/h10-11H,1-9,15-16H2. The van der Waals surface area contributed by atoms with Crippen molar-refractivity contribution in [2.24, 2.45) is 0 Å². The number of hydrogen-bond acceptors (Lipinski definition) is 4. The van der Waals surface area contributed by atoms with Gasteiger partial charge in [0, 0.05) is 25.0 Å². The zero-order valence-electron chi connectivity index (χ0n) is 11.5. The van der Waals surface area contributed by atoms with Crippen molar-refractivity contribution in [1.82, 2.24) is 9.66 Å². The molecule has 5 nitrogen and oxygen atoms in total. The minimum atomic E-state index is 0.417. The van der Waals surface area contributed by atoms with Crippen molar-refractivity contribution in [3.05, 3.63) is 11.5 Å². The van der Waals surface area contributed by atoms with Gasteiger partial charge in [-0.1, -0.05) is 19.3 Å². The van der Waals surface area contributed by atoms with Crippen molar-refractivity contribution in [2.75, 3.05) is 24.8 Å². The molecule has 1 aromatic rings. The summed E-state index contributed by atoms with van der Waals surface area (Å²) in [5, 5.41) is 0. The maximum atomic E-state index is 6.18. The Morgan fingerprint density at radius 3 is 2.37 bits per heavy atom. The van der Waals surface area contributed by atoms with Gasteiger partial charge in [0.05, 0.1) is 5.69 Å². The molecule has 5 heteroatoms. The average Bonchev–Trinajstić information content (AvgIpc) is 2.77. The first-order chi connectivity index (χ1) is 9.27. The van der Waals surface area contributed by atoms with Crippen LogP contribution in [0.5, 0.6) is 0 Å². The van der Waals surface area contributed by atoms with Crippen molar-refractivity contribution < 1.29 is 4.74 Å². The topological polar surface area (TPSA) is 79.1 Å². The SMILES string of the molecule is Nc1c(C2CCOCC2)nc(C2CCCCC2)n1N. The Labute approximate surface area is 114 Å². The van der Waals surface area contributed by atoms with E-state index in [1.54, 1.807) is 4.68 Å². The highest BCUT2D eigenvalue weighted by molar-refractivity contribution is 5.41. The molecule has 0 spiro atoms. The van der Waals surface area contributed by atoms with E-state index < -0.39 is 0 Å². The lowest BCUT2D eigenvalue weighted by molar-refractivity contribution is 0.0847. The third kappa shape index (κ3) is 2.43. The lowest BCUT2D eigenvalue weighted by atomic mass is 9.89. The van der Waals surface area contributed by atoms with E-state index in [2.05, 4.69) is 0 Å². The maximum Gasteiger partial charge on any atom is 0.146 e. The molecule has 2 heterocycles. The van der Waals surface area contributed by atoms with Crippen LogP contribution in [0.3, 0.4) is 0 Å². The number of ether oxygens (including phenoxy) is 1. The molecular weight excluding hydrogens is 240 g/mol. The van der Waals surface area contributed by atoms with E-state index >= 15 is 0 Å². The molecule has 3 rings (SSSR count). The second-order valence-electron chi connectivity index (χ2n) is 5.83. The molecule has 4 N–H and O–H groups in total. The van der Waals surface area contributed by atoms with Crippen molar-refractivity contribution >= 4 is 5.82 Å². The van der Waals surface area contributed by atoms with Gasteiger partial charge in [-0.05, 0) is 25.7 Å². The second-order valence-corrected chi connectivity index (χ2v) is 5.83. The minimum absolute atomic E-state index is 0.417. The predicted molar refractivity (Wildman–Crippen MR) is 75.4 cm³/mol. The summed E-state index contributed by atoms with van der Waals surface area (Å²) in [5.74, 6) is 8.71. The molecule has 1 aromatic heterocycles. The Hall–Kier alpha value is -1.23. The molecule has 0 aromatic carbocycles. The number of hydrogen-bond donors (Lipinski definition) is 2. The highest BCUT2D eigenvalue weighted by Gasteiger charge is 2.27. The Balaban J connectivity index is 1.85. The summed E-state index contributed by atoms with van der Waals surface area (Å²) in [5.41, 5.74) is 7.18. The lowest BCUT2D eigenvalue weighted by Crippen LogP contribution is -2.19. The zero-order chi connectivity index (χ0) is 13.2. The molecule has 106 valence electrons. The normalized spacial score (nSPS) is 22.7. The van der Waals surface area contributed by atoms with Crippen LogP contribution in [0.15, 0.2) is 0 Å². The molecule has 0 unspecified atom stereocenters. The van der Waals surface area contributed by atoms with Crippen molar-refractivity contribution in [3.63, 3.8) is 0 Å². The summed E-state index contributed by atoms with van der Waals surface area (Å²) in [7, 11) is 0. The van der Waals surface area contributed by atoms with Gasteiger partial charge in [-0.15, -0.1) is 0 Å². The van der Waals surface area contributed by atoms with Crippen LogP contribution in [0.1, 0.15) is 68.3 Å². The van der Waals surface area contributed by atoms with Gasteiger partial charge >= 0.3 is 0 Å². The smallest absolute Gasteiger partial charge is 0.146 e. The van der Waals surface area contributed by atoms with Crippen LogP contribution < -0.4 is 11.6 Å². The second kappa shape index (κ2) is 5.41. The summed E-state index contributed by atoms with van der Waals surface area (Å²) in [6.45, 7) is 1.61. The molecule has 0 radical (unpaired) electrons. The Morgan fingerprint density at radius 1 is 1.00 bits per heavy atom. The van der Waals surface area contributed by atoms with Gasteiger partial charge in [0.25, 0.3) is 0 Å².